The molecule has 2 rings (SSSR count). The Labute approximate surface area is 114 Å². The summed E-state index contributed by atoms with van der Waals surface area (Å²) in [5, 5.41) is 0.155. The second kappa shape index (κ2) is 5.77. The molecule has 3 nitrogen and oxygen atoms in total. The van der Waals surface area contributed by atoms with Crippen molar-refractivity contribution in [3.8, 4) is 0 Å². The summed E-state index contributed by atoms with van der Waals surface area (Å²) in [5.74, 6) is 0.538. The van der Waals surface area contributed by atoms with Crippen LogP contribution >= 0.6 is 23.3 Å². The largest absolute Gasteiger partial charge is 0.323 e. The smallest absolute Gasteiger partial charge is 0.170 e. The molecule has 2 aromatic rings. The van der Waals surface area contributed by atoms with Crippen molar-refractivity contribution in [3.63, 3.8) is 0 Å². The number of hydrogen-bond acceptors (Lipinski definition) is 5. The van der Waals surface area contributed by atoms with Gasteiger partial charge < -0.3 is 5.73 Å². The Hall–Kier alpha value is -0.980. The maximum absolute atomic E-state index is 12.8. The quantitative estimate of drug-likeness (QED) is 0.876. The fourth-order valence-electron chi connectivity index (χ4n) is 1.51. The third-order valence-corrected chi connectivity index (χ3v) is 4.63. The van der Waals surface area contributed by atoms with E-state index in [9.17, 15) is 4.39 Å². The van der Waals surface area contributed by atoms with Gasteiger partial charge in [0.1, 0.15) is 11.6 Å². The number of aryl methyl sites for hydroxylation is 1. The molecule has 1 aromatic carbocycles. The zero-order valence-electron chi connectivity index (χ0n) is 10.1. The molecule has 18 heavy (non-hydrogen) atoms. The third kappa shape index (κ3) is 3.28. The van der Waals surface area contributed by atoms with Gasteiger partial charge in [-0.1, -0.05) is 30.8 Å². The second-order valence-corrected chi connectivity index (χ2v) is 6.38. The lowest BCUT2D eigenvalue weighted by atomic mass is 10.1. The molecule has 2 atom stereocenters. The Morgan fingerprint density at radius 3 is 2.56 bits per heavy atom. The lowest BCUT2D eigenvalue weighted by Gasteiger charge is -2.18. The SMILES string of the molecule is Cc1nsc(SC(C)C(N)c2ccc(F)cc2)n1. The Bertz CT molecular complexity index is 512. The van der Waals surface area contributed by atoms with Gasteiger partial charge in [-0.05, 0) is 36.2 Å². The van der Waals surface area contributed by atoms with Crippen LogP contribution in [-0.4, -0.2) is 14.6 Å². The third-order valence-electron chi connectivity index (χ3n) is 2.56. The molecular weight excluding hydrogens is 269 g/mol. The van der Waals surface area contributed by atoms with Crippen LogP contribution in [0.25, 0.3) is 0 Å². The van der Waals surface area contributed by atoms with Gasteiger partial charge in [-0.3, -0.25) is 0 Å². The lowest BCUT2D eigenvalue weighted by molar-refractivity contribution is 0.624. The van der Waals surface area contributed by atoms with Gasteiger partial charge in [0.15, 0.2) is 4.34 Å². The normalized spacial score (nSPS) is 14.4. The maximum Gasteiger partial charge on any atom is 0.170 e. The summed E-state index contributed by atoms with van der Waals surface area (Å²) in [5.41, 5.74) is 7.08. The molecule has 0 bridgehead atoms. The summed E-state index contributed by atoms with van der Waals surface area (Å²) in [7, 11) is 0. The molecule has 2 unspecified atom stereocenters. The first-order valence-electron chi connectivity index (χ1n) is 5.54. The summed E-state index contributed by atoms with van der Waals surface area (Å²) in [4.78, 5) is 4.30. The van der Waals surface area contributed by atoms with Gasteiger partial charge in [-0.15, -0.1) is 0 Å². The zero-order valence-corrected chi connectivity index (χ0v) is 11.8. The molecule has 0 saturated carbocycles. The van der Waals surface area contributed by atoms with E-state index in [0.29, 0.717) is 0 Å². The molecular formula is C12H14FN3S2. The van der Waals surface area contributed by atoms with Crippen LogP contribution in [0.3, 0.4) is 0 Å². The fourth-order valence-corrected chi connectivity index (χ4v) is 3.48. The minimum atomic E-state index is -0.244. The van der Waals surface area contributed by atoms with E-state index in [2.05, 4.69) is 9.36 Å². The minimum absolute atomic E-state index is 0.153. The van der Waals surface area contributed by atoms with Crippen molar-refractivity contribution < 1.29 is 4.39 Å². The van der Waals surface area contributed by atoms with Gasteiger partial charge in [0.2, 0.25) is 0 Å². The van der Waals surface area contributed by atoms with E-state index in [1.54, 1.807) is 23.9 Å². The maximum atomic E-state index is 12.8. The van der Waals surface area contributed by atoms with Crippen molar-refractivity contribution in [1.82, 2.24) is 9.36 Å². The van der Waals surface area contributed by atoms with Crippen LogP contribution in [0.2, 0.25) is 0 Å². The van der Waals surface area contributed by atoms with Crippen molar-refractivity contribution in [2.75, 3.05) is 0 Å². The van der Waals surface area contributed by atoms with Gasteiger partial charge in [0.05, 0.1) is 0 Å². The van der Waals surface area contributed by atoms with Crippen LogP contribution in [0.5, 0.6) is 0 Å². The number of hydrogen-bond donors (Lipinski definition) is 1. The minimum Gasteiger partial charge on any atom is -0.323 e. The first kappa shape index (κ1) is 13.5. The van der Waals surface area contributed by atoms with Crippen molar-refractivity contribution in [2.45, 2.75) is 29.5 Å². The predicted octanol–water partition coefficient (Wildman–Crippen LogP) is 3.17. The van der Waals surface area contributed by atoms with Crippen LogP contribution in [0, 0.1) is 12.7 Å². The van der Waals surface area contributed by atoms with E-state index in [0.717, 1.165) is 15.7 Å². The van der Waals surface area contributed by atoms with E-state index in [-0.39, 0.29) is 17.1 Å². The highest BCUT2D eigenvalue weighted by Crippen LogP contribution is 2.31. The van der Waals surface area contributed by atoms with Crippen LogP contribution in [-0.2, 0) is 0 Å². The standard InChI is InChI=1S/C12H14FN3S2/c1-7(17-12-15-8(2)16-18-12)11(14)9-3-5-10(13)6-4-9/h3-7,11H,14H2,1-2H3. The van der Waals surface area contributed by atoms with Gasteiger partial charge in [-0.2, -0.15) is 4.37 Å². The molecule has 0 aliphatic rings. The summed E-state index contributed by atoms with van der Waals surface area (Å²) in [6, 6.07) is 6.16. The number of rotatable bonds is 4. The number of aromatic nitrogens is 2. The van der Waals surface area contributed by atoms with Crippen molar-refractivity contribution in [1.29, 1.82) is 0 Å². The summed E-state index contributed by atoms with van der Waals surface area (Å²) in [6.45, 7) is 3.90. The fraction of sp³-hybridized carbons (Fsp3) is 0.333. The molecule has 0 amide bonds. The molecule has 1 aromatic heterocycles. The highest BCUT2D eigenvalue weighted by atomic mass is 32.2. The number of nitrogens with zero attached hydrogens (tertiary/aromatic N) is 2. The van der Waals surface area contributed by atoms with Gasteiger partial charge in [-0.25, -0.2) is 9.37 Å². The number of halogens is 1. The van der Waals surface area contributed by atoms with Crippen LogP contribution < -0.4 is 5.73 Å². The van der Waals surface area contributed by atoms with Crippen molar-refractivity contribution in [3.05, 3.63) is 41.5 Å². The summed E-state index contributed by atoms with van der Waals surface area (Å²) < 4.78 is 17.9. The molecule has 6 heteroatoms. The topological polar surface area (TPSA) is 51.8 Å². The summed E-state index contributed by atoms with van der Waals surface area (Å²) >= 11 is 2.98. The average Bonchev–Trinajstić information content (AvgIpc) is 2.75. The molecule has 0 saturated heterocycles. The van der Waals surface area contributed by atoms with Gasteiger partial charge in [0, 0.05) is 11.3 Å². The number of nitrogens with two attached hydrogens (primary N) is 1. The first-order chi connectivity index (χ1) is 8.56. The van der Waals surface area contributed by atoms with E-state index >= 15 is 0 Å². The molecule has 0 aliphatic carbocycles. The first-order valence-corrected chi connectivity index (χ1v) is 7.19. The second-order valence-electron chi connectivity index (χ2n) is 4.01. The highest BCUT2D eigenvalue weighted by molar-refractivity contribution is 8.01. The Morgan fingerprint density at radius 1 is 1.33 bits per heavy atom. The van der Waals surface area contributed by atoms with Crippen LogP contribution in [0.4, 0.5) is 4.39 Å². The molecule has 0 fully saturated rings. The van der Waals surface area contributed by atoms with Crippen LogP contribution in [0.1, 0.15) is 24.4 Å². The van der Waals surface area contributed by atoms with Crippen LogP contribution in [0.15, 0.2) is 28.6 Å². The molecule has 0 spiro atoms. The molecule has 2 N–H and O–H groups in total. The Morgan fingerprint density at radius 2 is 2.00 bits per heavy atom. The predicted molar refractivity (Wildman–Crippen MR) is 73.3 cm³/mol. The van der Waals surface area contributed by atoms with Gasteiger partial charge in [0.25, 0.3) is 0 Å². The van der Waals surface area contributed by atoms with E-state index in [1.807, 2.05) is 13.8 Å². The number of benzene rings is 1. The van der Waals surface area contributed by atoms with Crippen molar-refractivity contribution in [2.24, 2.45) is 5.73 Å². The molecule has 1 heterocycles. The zero-order chi connectivity index (χ0) is 13.1. The highest BCUT2D eigenvalue weighted by Gasteiger charge is 2.17. The Balaban J connectivity index is 2.04. The molecule has 96 valence electrons. The van der Waals surface area contributed by atoms with Crippen molar-refractivity contribution >= 4 is 23.3 Å². The van der Waals surface area contributed by atoms with E-state index in [4.69, 9.17) is 5.73 Å². The molecule has 0 aliphatic heterocycles. The number of thioether (sulfide) groups is 1. The average molecular weight is 283 g/mol. The van der Waals surface area contributed by atoms with E-state index < -0.39 is 0 Å². The van der Waals surface area contributed by atoms with E-state index in [1.165, 1.54) is 23.7 Å². The molecule has 0 radical (unpaired) electrons. The summed E-state index contributed by atoms with van der Waals surface area (Å²) in [6.07, 6.45) is 0. The monoisotopic (exact) mass is 283 g/mol. The Kier molecular flexibility index (Phi) is 4.31. The lowest BCUT2D eigenvalue weighted by Crippen LogP contribution is -2.20. The van der Waals surface area contributed by atoms with Gasteiger partial charge >= 0.3 is 0 Å².